The van der Waals surface area contributed by atoms with Gasteiger partial charge >= 0.3 is 0 Å². The van der Waals surface area contributed by atoms with Gasteiger partial charge in [-0.3, -0.25) is 9.59 Å². The molecule has 0 aromatic heterocycles. The Kier molecular flexibility index (Phi) is 6.78. The Morgan fingerprint density at radius 3 is 2.40 bits per heavy atom. The Balaban J connectivity index is 1.87. The van der Waals surface area contributed by atoms with Crippen LogP contribution in [0.5, 0.6) is 0 Å². The number of hydrogen-bond donors (Lipinski definition) is 1. The minimum Gasteiger partial charge on any atom is -0.341 e. The number of halogens is 1. The van der Waals surface area contributed by atoms with Crippen LogP contribution in [0.3, 0.4) is 0 Å². The molecule has 4 nitrogen and oxygen atoms in total. The number of benzene rings is 2. The SMILES string of the molecule is CC(NC(=O)/C=C/c1ccccc1)C(=O)N(C)Cc1ccc(Cl)cc1. The zero-order valence-corrected chi connectivity index (χ0v) is 15.0. The fourth-order valence-corrected chi connectivity index (χ4v) is 2.46. The summed E-state index contributed by atoms with van der Waals surface area (Å²) in [5.41, 5.74) is 1.90. The average Bonchev–Trinajstić information content (AvgIpc) is 2.62. The summed E-state index contributed by atoms with van der Waals surface area (Å²) < 4.78 is 0. The van der Waals surface area contributed by atoms with Crippen LogP contribution >= 0.6 is 11.6 Å². The third-order valence-corrected chi connectivity index (χ3v) is 3.92. The molecule has 1 unspecified atom stereocenters. The van der Waals surface area contributed by atoms with Gasteiger partial charge in [0.15, 0.2) is 0 Å². The largest absolute Gasteiger partial charge is 0.341 e. The zero-order valence-electron chi connectivity index (χ0n) is 14.3. The van der Waals surface area contributed by atoms with E-state index in [1.165, 1.54) is 6.08 Å². The van der Waals surface area contributed by atoms with Crippen molar-refractivity contribution < 1.29 is 9.59 Å². The minimum atomic E-state index is -0.606. The Morgan fingerprint density at radius 2 is 1.76 bits per heavy atom. The maximum Gasteiger partial charge on any atom is 0.244 e. The molecule has 0 aliphatic heterocycles. The average molecular weight is 357 g/mol. The fourth-order valence-electron chi connectivity index (χ4n) is 2.33. The lowest BCUT2D eigenvalue weighted by molar-refractivity contribution is -0.134. The van der Waals surface area contributed by atoms with Crippen LogP contribution in [-0.2, 0) is 16.1 Å². The summed E-state index contributed by atoms with van der Waals surface area (Å²) >= 11 is 5.86. The van der Waals surface area contributed by atoms with E-state index in [1.54, 1.807) is 37.1 Å². The van der Waals surface area contributed by atoms with Gasteiger partial charge in [-0.25, -0.2) is 0 Å². The molecule has 2 amide bonds. The van der Waals surface area contributed by atoms with Gasteiger partial charge in [-0.2, -0.15) is 0 Å². The molecule has 0 saturated carbocycles. The molecule has 0 bridgehead atoms. The predicted octanol–water partition coefficient (Wildman–Crippen LogP) is 3.52. The molecule has 0 aliphatic carbocycles. The highest BCUT2D eigenvalue weighted by Gasteiger charge is 2.18. The molecule has 1 atom stereocenters. The van der Waals surface area contributed by atoms with Crippen molar-refractivity contribution in [1.82, 2.24) is 10.2 Å². The summed E-state index contributed by atoms with van der Waals surface area (Å²) in [7, 11) is 1.71. The molecule has 1 N–H and O–H groups in total. The molecule has 0 radical (unpaired) electrons. The van der Waals surface area contributed by atoms with Crippen LogP contribution in [0.1, 0.15) is 18.1 Å². The first-order valence-electron chi connectivity index (χ1n) is 7.99. The fraction of sp³-hybridized carbons (Fsp3) is 0.200. The van der Waals surface area contributed by atoms with Crippen molar-refractivity contribution in [1.29, 1.82) is 0 Å². The lowest BCUT2D eigenvalue weighted by Gasteiger charge is -2.22. The summed E-state index contributed by atoms with van der Waals surface area (Å²) in [4.78, 5) is 25.9. The van der Waals surface area contributed by atoms with Crippen LogP contribution < -0.4 is 5.32 Å². The predicted molar refractivity (Wildman–Crippen MR) is 101 cm³/mol. The monoisotopic (exact) mass is 356 g/mol. The van der Waals surface area contributed by atoms with Crippen molar-refractivity contribution in [2.45, 2.75) is 19.5 Å². The molecule has 0 heterocycles. The van der Waals surface area contributed by atoms with Crippen LogP contribution in [0.4, 0.5) is 0 Å². The van der Waals surface area contributed by atoms with Crippen molar-refractivity contribution in [3.63, 3.8) is 0 Å². The number of hydrogen-bond acceptors (Lipinski definition) is 2. The van der Waals surface area contributed by atoms with E-state index in [4.69, 9.17) is 11.6 Å². The van der Waals surface area contributed by atoms with Crippen molar-refractivity contribution in [3.05, 3.63) is 76.8 Å². The lowest BCUT2D eigenvalue weighted by Crippen LogP contribution is -2.44. The Hall–Kier alpha value is -2.59. The van der Waals surface area contributed by atoms with E-state index < -0.39 is 6.04 Å². The third kappa shape index (κ3) is 6.08. The molecule has 0 aliphatic rings. The second kappa shape index (κ2) is 9.04. The number of carbonyl (C=O) groups is 2. The molecule has 0 fully saturated rings. The molecule has 0 spiro atoms. The Labute approximate surface area is 153 Å². The van der Waals surface area contributed by atoms with Gasteiger partial charge in [-0.1, -0.05) is 54.1 Å². The standard InChI is InChI=1S/C20H21ClN2O2/c1-15(22-19(24)13-10-16-6-4-3-5-7-16)20(25)23(2)14-17-8-11-18(21)12-9-17/h3-13,15H,14H2,1-2H3,(H,22,24)/b13-10+. The van der Waals surface area contributed by atoms with E-state index >= 15 is 0 Å². The van der Waals surface area contributed by atoms with Crippen molar-refractivity contribution in [3.8, 4) is 0 Å². The van der Waals surface area contributed by atoms with Gasteiger partial charge in [0.2, 0.25) is 11.8 Å². The van der Waals surface area contributed by atoms with Gasteiger partial charge in [0, 0.05) is 24.7 Å². The molecule has 130 valence electrons. The Morgan fingerprint density at radius 1 is 1.12 bits per heavy atom. The molecular weight excluding hydrogens is 336 g/mol. The molecule has 2 rings (SSSR count). The summed E-state index contributed by atoms with van der Waals surface area (Å²) in [6.45, 7) is 2.13. The third-order valence-electron chi connectivity index (χ3n) is 3.67. The van der Waals surface area contributed by atoms with Crippen molar-refractivity contribution >= 4 is 29.5 Å². The zero-order chi connectivity index (χ0) is 18.2. The second-order valence-corrected chi connectivity index (χ2v) is 6.23. The first kappa shape index (κ1) is 18.7. The number of likely N-dealkylation sites (N-methyl/N-ethyl adjacent to an activating group) is 1. The van der Waals surface area contributed by atoms with Crippen molar-refractivity contribution in [2.24, 2.45) is 0 Å². The summed E-state index contributed by atoms with van der Waals surface area (Å²) in [6.07, 6.45) is 3.14. The Bertz CT molecular complexity index is 742. The lowest BCUT2D eigenvalue weighted by atomic mass is 10.2. The highest BCUT2D eigenvalue weighted by Crippen LogP contribution is 2.11. The summed E-state index contributed by atoms with van der Waals surface area (Å²) in [5.74, 6) is -0.457. The van der Waals surface area contributed by atoms with Gasteiger partial charge in [-0.15, -0.1) is 0 Å². The van der Waals surface area contributed by atoms with Crippen LogP contribution in [-0.4, -0.2) is 29.8 Å². The highest BCUT2D eigenvalue weighted by atomic mass is 35.5. The van der Waals surface area contributed by atoms with E-state index in [9.17, 15) is 9.59 Å². The van der Waals surface area contributed by atoms with E-state index in [1.807, 2.05) is 42.5 Å². The van der Waals surface area contributed by atoms with Crippen molar-refractivity contribution in [2.75, 3.05) is 7.05 Å². The number of nitrogens with zero attached hydrogens (tertiary/aromatic N) is 1. The van der Waals surface area contributed by atoms with Crippen LogP contribution in [0.15, 0.2) is 60.7 Å². The minimum absolute atomic E-state index is 0.156. The van der Waals surface area contributed by atoms with E-state index in [0.717, 1.165) is 11.1 Å². The summed E-state index contributed by atoms with van der Waals surface area (Å²) in [5, 5.41) is 3.34. The second-order valence-electron chi connectivity index (χ2n) is 5.80. The topological polar surface area (TPSA) is 49.4 Å². The smallest absolute Gasteiger partial charge is 0.244 e. The van der Waals surface area contributed by atoms with Crippen LogP contribution in [0.2, 0.25) is 5.02 Å². The quantitative estimate of drug-likeness (QED) is 0.805. The van der Waals surface area contributed by atoms with E-state index in [0.29, 0.717) is 11.6 Å². The van der Waals surface area contributed by atoms with Gasteiger partial charge in [0.25, 0.3) is 0 Å². The van der Waals surface area contributed by atoms with Gasteiger partial charge in [0.1, 0.15) is 6.04 Å². The molecule has 5 heteroatoms. The maximum absolute atomic E-state index is 12.4. The molecule has 2 aromatic carbocycles. The van der Waals surface area contributed by atoms with Gasteiger partial charge < -0.3 is 10.2 Å². The van der Waals surface area contributed by atoms with E-state index in [2.05, 4.69) is 5.32 Å². The highest BCUT2D eigenvalue weighted by molar-refractivity contribution is 6.30. The van der Waals surface area contributed by atoms with Crippen LogP contribution in [0, 0.1) is 0 Å². The first-order chi connectivity index (χ1) is 12.0. The molecule has 25 heavy (non-hydrogen) atoms. The molecule has 2 aromatic rings. The van der Waals surface area contributed by atoms with Crippen LogP contribution in [0.25, 0.3) is 6.08 Å². The number of amides is 2. The number of carbonyl (C=O) groups excluding carboxylic acids is 2. The maximum atomic E-state index is 12.4. The number of nitrogens with one attached hydrogen (secondary N) is 1. The number of rotatable bonds is 6. The molecule has 0 saturated heterocycles. The van der Waals surface area contributed by atoms with E-state index in [-0.39, 0.29) is 11.8 Å². The van der Waals surface area contributed by atoms with Gasteiger partial charge in [-0.05, 0) is 36.3 Å². The first-order valence-corrected chi connectivity index (χ1v) is 8.36. The molecular formula is C20H21ClN2O2. The van der Waals surface area contributed by atoms with Gasteiger partial charge in [0.05, 0.1) is 0 Å². The normalized spacial score (nSPS) is 12.0. The summed E-state index contributed by atoms with van der Waals surface area (Å²) in [6, 6.07) is 16.2.